The average Bonchev–Trinajstić information content (AvgIpc) is 2.84. The third-order valence-corrected chi connectivity index (χ3v) is 5.62. The van der Waals surface area contributed by atoms with Gasteiger partial charge in [0.1, 0.15) is 5.75 Å². The first kappa shape index (κ1) is 23.4. The van der Waals surface area contributed by atoms with Crippen molar-refractivity contribution in [3.8, 4) is 16.9 Å². The summed E-state index contributed by atoms with van der Waals surface area (Å²) in [6.45, 7) is 6.79. The van der Waals surface area contributed by atoms with Crippen molar-refractivity contribution in [2.75, 3.05) is 6.61 Å². The Hall–Kier alpha value is -3.27. The predicted octanol–water partition coefficient (Wildman–Crippen LogP) is 8.57. The van der Waals surface area contributed by atoms with E-state index in [0.29, 0.717) is 11.5 Å². The molecule has 0 saturated carbocycles. The largest absolute Gasteiger partial charge is 0.493 e. The molecule has 32 heavy (non-hydrogen) atoms. The van der Waals surface area contributed by atoms with E-state index in [-0.39, 0.29) is 5.78 Å². The second kappa shape index (κ2) is 11.9. The Bertz CT molecular complexity index is 1020. The summed E-state index contributed by atoms with van der Waals surface area (Å²) in [4.78, 5) is 11.6. The second-order valence-corrected chi connectivity index (χ2v) is 8.11. The molecule has 0 saturated heterocycles. The molecule has 0 aliphatic carbocycles. The lowest BCUT2D eigenvalue weighted by Gasteiger charge is -2.15. The molecule has 0 aromatic heterocycles. The third kappa shape index (κ3) is 6.88. The molecule has 0 aliphatic heterocycles. The molecule has 1 unspecified atom stereocenters. The first-order valence-corrected chi connectivity index (χ1v) is 11.4. The topological polar surface area (TPSA) is 51.0 Å². The van der Waals surface area contributed by atoms with Crippen LogP contribution in [0.1, 0.15) is 56.8 Å². The van der Waals surface area contributed by atoms with E-state index in [9.17, 15) is 4.79 Å². The molecule has 0 spiro atoms. The highest BCUT2D eigenvalue weighted by Crippen LogP contribution is 2.26. The van der Waals surface area contributed by atoms with E-state index in [2.05, 4.69) is 24.1 Å². The Morgan fingerprint density at radius 3 is 2.12 bits per heavy atom. The van der Waals surface area contributed by atoms with Gasteiger partial charge in [-0.1, -0.05) is 63.4 Å². The van der Waals surface area contributed by atoms with E-state index in [1.165, 1.54) is 19.3 Å². The molecule has 0 bridgehead atoms. The van der Waals surface area contributed by atoms with Crippen LogP contribution in [0.25, 0.3) is 11.1 Å². The van der Waals surface area contributed by atoms with Gasteiger partial charge in [0.25, 0.3) is 0 Å². The summed E-state index contributed by atoms with van der Waals surface area (Å²) in [7, 11) is 0. The highest BCUT2D eigenvalue weighted by atomic mass is 16.5. The summed E-state index contributed by atoms with van der Waals surface area (Å²) in [5.74, 6) is 1.55. The Morgan fingerprint density at radius 2 is 1.53 bits per heavy atom. The minimum Gasteiger partial charge on any atom is -0.493 e. The summed E-state index contributed by atoms with van der Waals surface area (Å²) in [5.41, 5.74) is 4.33. The molecule has 0 fully saturated rings. The van der Waals surface area contributed by atoms with Crippen molar-refractivity contribution >= 4 is 17.2 Å². The van der Waals surface area contributed by atoms with Crippen LogP contribution in [0.3, 0.4) is 0 Å². The van der Waals surface area contributed by atoms with Crippen molar-refractivity contribution in [2.45, 2.75) is 46.5 Å². The molecule has 0 N–H and O–H groups in total. The van der Waals surface area contributed by atoms with Gasteiger partial charge in [0.05, 0.1) is 18.0 Å². The van der Waals surface area contributed by atoms with Crippen LogP contribution in [0.5, 0.6) is 5.75 Å². The Kier molecular flexibility index (Phi) is 8.73. The maximum Gasteiger partial charge on any atom is 0.159 e. The van der Waals surface area contributed by atoms with Gasteiger partial charge < -0.3 is 4.74 Å². The Morgan fingerprint density at radius 1 is 0.875 bits per heavy atom. The molecule has 3 rings (SSSR count). The fraction of sp³-hybridized carbons (Fsp3) is 0.321. The molecule has 0 heterocycles. The zero-order valence-corrected chi connectivity index (χ0v) is 19.3. The number of Topliss-reactive ketones (excluding diaryl/α,β-unsaturated/α-hetero) is 1. The van der Waals surface area contributed by atoms with Gasteiger partial charge in [0.15, 0.2) is 5.78 Å². The lowest BCUT2D eigenvalue weighted by atomic mass is 10.0. The maximum atomic E-state index is 11.6. The number of ketones is 1. The molecular formula is C28H32N2O2. The monoisotopic (exact) mass is 428 g/mol. The van der Waals surface area contributed by atoms with E-state index >= 15 is 0 Å². The maximum absolute atomic E-state index is 11.6. The van der Waals surface area contributed by atoms with Crippen molar-refractivity contribution in [2.24, 2.45) is 16.1 Å². The highest BCUT2D eigenvalue weighted by Gasteiger charge is 2.07. The summed E-state index contributed by atoms with van der Waals surface area (Å²) in [6.07, 6.45) is 4.85. The number of azo groups is 1. The zero-order chi connectivity index (χ0) is 22.8. The number of rotatable bonds is 11. The summed E-state index contributed by atoms with van der Waals surface area (Å²) in [6, 6.07) is 23.2. The van der Waals surface area contributed by atoms with Crippen molar-refractivity contribution in [1.29, 1.82) is 0 Å². The van der Waals surface area contributed by atoms with Crippen LogP contribution in [0.4, 0.5) is 11.4 Å². The van der Waals surface area contributed by atoms with E-state index in [4.69, 9.17) is 4.74 Å². The first-order chi connectivity index (χ1) is 15.6. The smallest absolute Gasteiger partial charge is 0.159 e. The number of unbranched alkanes of at least 4 members (excludes halogenated alkanes) is 1. The van der Waals surface area contributed by atoms with E-state index in [1.807, 2.05) is 72.8 Å². The fourth-order valence-corrected chi connectivity index (χ4v) is 3.47. The van der Waals surface area contributed by atoms with Gasteiger partial charge >= 0.3 is 0 Å². The van der Waals surface area contributed by atoms with E-state index in [1.54, 1.807) is 6.92 Å². The van der Waals surface area contributed by atoms with E-state index < -0.39 is 0 Å². The molecule has 3 aromatic rings. The van der Waals surface area contributed by atoms with Crippen LogP contribution in [0, 0.1) is 5.92 Å². The fourth-order valence-electron chi connectivity index (χ4n) is 3.47. The number of ether oxygens (including phenoxy) is 1. The minimum absolute atomic E-state index is 0.0652. The van der Waals surface area contributed by atoms with Crippen LogP contribution in [-0.2, 0) is 0 Å². The van der Waals surface area contributed by atoms with Crippen molar-refractivity contribution in [3.63, 3.8) is 0 Å². The van der Waals surface area contributed by atoms with Gasteiger partial charge in [-0.15, -0.1) is 0 Å². The number of nitrogens with zero attached hydrogens (tertiary/aromatic N) is 2. The second-order valence-electron chi connectivity index (χ2n) is 8.11. The molecule has 0 amide bonds. The van der Waals surface area contributed by atoms with Gasteiger partial charge in [-0.3, -0.25) is 4.79 Å². The number of hydrogen-bond donors (Lipinski definition) is 0. The predicted molar refractivity (Wildman–Crippen MR) is 131 cm³/mol. The first-order valence-electron chi connectivity index (χ1n) is 11.4. The molecule has 166 valence electrons. The van der Waals surface area contributed by atoms with Gasteiger partial charge in [-0.25, -0.2) is 0 Å². The number of carbonyl (C=O) groups excluding carboxylic acids is 1. The SMILES string of the molecule is CCCCC(CC)COc1ccc(/N=N/c2ccc(-c3cccc(C(C)=O)c3)cc2)cc1. The van der Waals surface area contributed by atoms with Crippen molar-refractivity contribution in [3.05, 3.63) is 78.4 Å². The summed E-state index contributed by atoms with van der Waals surface area (Å²) >= 11 is 0. The number of carbonyl (C=O) groups is 1. The quantitative estimate of drug-likeness (QED) is 0.227. The third-order valence-electron chi connectivity index (χ3n) is 5.62. The lowest BCUT2D eigenvalue weighted by Crippen LogP contribution is -2.11. The standard InChI is InChI=1S/C28H32N2O2/c1-4-6-8-22(5-2)20-32-28-17-15-27(16-18-28)30-29-26-13-11-23(12-14-26)25-10-7-9-24(19-25)21(3)31/h7,9-19,22H,4-6,8,20H2,1-3H3/b30-29+. The molecule has 3 aromatic carbocycles. The minimum atomic E-state index is 0.0652. The van der Waals surface area contributed by atoms with Crippen LogP contribution in [0.2, 0.25) is 0 Å². The highest BCUT2D eigenvalue weighted by molar-refractivity contribution is 5.95. The molecule has 4 heteroatoms. The van der Waals surface area contributed by atoms with Crippen LogP contribution >= 0.6 is 0 Å². The normalized spacial score (nSPS) is 12.1. The number of benzene rings is 3. The molecule has 4 nitrogen and oxygen atoms in total. The van der Waals surface area contributed by atoms with Crippen molar-refractivity contribution in [1.82, 2.24) is 0 Å². The summed E-state index contributed by atoms with van der Waals surface area (Å²) in [5, 5.41) is 8.67. The van der Waals surface area contributed by atoms with Gasteiger partial charge in [-0.05, 0) is 72.9 Å². The Balaban J connectivity index is 1.58. The lowest BCUT2D eigenvalue weighted by molar-refractivity contribution is 0.101. The van der Waals surface area contributed by atoms with Gasteiger partial charge in [0.2, 0.25) is 0 Å². The molecular weight excluding hydrogens is 396 g/mol. The van der Waals surface area contributed by atoms with E-state index in [0.717, 1.165) is 41.3 Å². The molecule has 1 atom stereocenters. The van der Waals surface area contributed by atoms with Gasteiger partial charge in [-0.2, -0.15) is 10.2 Å². The average molecular weight is 429 g/mol. The van der Waals surface area contributed by atoms with Crippen LogP contribution in [0.15, 0.2) is 83.0 Å². The molecule has 0 aliphatic rings. The Labute approximate surface area is 191 Å². The molecule has 0 radical (unpaired) electrons. The van der Waals surface area contributed by atoms with Crippen molar-refractivity contribution < 1.29 is 9.53 Å². The summed E-state index contributed by atoms with van der Waals surface area (Å²) < 4.78 is 5.96. The van der Waals surface area contributed by atoms with Crippen LogP contribution < -0.4 is 4.74 Å². The van der Waals surface area contributed by atoms with Crippen LogP contribution in [-0.4, -0.2) is 12.4 Å². The number of hydrogen-bond acceptors (Lipinski definition) is 4. The zero-order valence-electron chi connectivity index (χ0n) is 19.3. The van der Waals surface area contributed by atoms with Gasteiger partial charge in [0, 0.05) is 5.56 Å².